The third-order valence-electron chi connectivity index (χ3n) is 3.62. The van der Waals surface area contributed by atoms with Gasteiger partial charge < -0.3 is 0 Å². The Kier molecular flexibility index (Phi) is 4.74. The van der Waals surface area contributed by atoms with Crippen LogP contribution in [0.25, 0.3) is 10.9 Å². The van der Waals surface area contributed by atoms with Gasteiger partial charge in [0.2, 0.25) is 5.82 Å². The Balaban J connectivity index is 1.83. The van der Waals surface area contributed by atoms with Crippen molar-refractivity contribution < 1.29 is 13.2 Å². The Morgan fingerprint density at radius 2 is 1.68 bits per heavy atom. The first-order valence-electron chi connectivity index (χ1n) is 7.70. The lowest BCUT2D eigenvalue weighted by Crippen LogP contribution is -2.10. The van der Waals surface area contributed by atoms with Gasteiger partial charge in [0, 0.05) is 5.39 Å². The molecule has 0 aliphatic carbocycles. The van der Waals surface area contributed by atoms with Crippen LogP contribution in [0, 0.1) is 6.92 Å². The van der Waals surface area contributed by atoms with Gasteiger partial charge in [0.15, 0.2) is 5.82 Å². The summed E-state index contributed by atoms with van der Waals surface area (Å²) in [6.45, 7) is 2.37. The van der Waals surface area contributed by atoms with E-state index >= 15 is 0 Å². The third kappa shape index (κ3) is 4.17. The van der Waals surface area contributed by atoms with Crippen molar-refractivity contribution in [1.82, 2.24) is 9.97 Å². The second-order valence-corrected chi connectivity index (χ2v) is 5.59. The molecule has 1 aromatic heterocycles. The summed E-state index contributed by atoms with van der Waals surface area (Å²) in [6.07, 6.45) is -3.98. The van der Waals surface area contributed by atoms with E-state index in [-0.39, 0.29) is 11.3 Å². The summed E-state index contributed by atoms with van der Waals surface area (Å²) in [7, 11) is 0. The molecule has 0 aliphatic rings. The number of alkyl halides is 3. The summed E-state index contributed by atoms with van der Waals surface area (Å²) >= 11 is 0. The van der Waals surface area contributed by atoms with Gasteiger partial charge in [0.1, 0.15) is 0 Å². The molecule has 0 aliphatic heterocycles. The fourth-order valence-electron chi connectivity index (χ4n) is 2.31. The Hall–Kier alpha value is -2.83. The zero-order valence-corrected chi connectivity index (χ0v) is 13.5. The second kappa shape index (κ2) is 6.96. The number of azo groups is 1. The molecule has 0 saturated carbocycles. The summed E-state index contributed by atoms with van der Waals surface area (Å²) in [5.41, 5.74) is 2.45. The highest BCUT2D eigenvalue weighted by atomic mass is 19.4. The highest BCUT2D eigenvalue weighted by Gasteiger charge is 2.35. The minimum absolute atomic E-state index is 0.0677. The first-order valence-corrected chi connectivity index (χ1v) is 7.70. The molecule has 3 rings (SSSR count). The zero-order chi connectivity index (χ0) is 17.9. The SMILES string of the molecule is Cc1ccc(CCN=Nc2nc(C(F)(F)F)nc3ccccc23)cc1. The fraction of sp³-hybridized carbons (Fsp3) is 0.222. The van der Waals surface area contributed by atoms with Gasteiger partial charge >= 0.3 is 6.18 Å². The minimum Gasteiger partial charge on any atom is -0.224 e. The molecule has 128 valence electrons. The average molecular weight is 344 g/mol. The summed E-state index contributed by atoms with van der Waals surface area (Å²) in [5, 5.41) is 8.35. The number of rotatable bonds is 4. The Morgan fingerprint density at radius 1 is 0.960 bits per heavy atom. The van der Waals surface area contributed by atoms with Crippen LogP contribution in [-0.4, -0.2) is 16.5 Å². The fourth-order valence-corrected chi connectivity index (χ4v) is 2.31. The van der Waals surface area contributed by atoms with Crippen LogP contribution < -0.4 is 0 Å². The zero-order valence-electron chi connectivity index (χ0n) is 13.5. The van der Waals surface area contributed by atoms with E-state index in [0.29, 0.717) is 18.4 Å². The van der Waals surface area contributed by atoms with Crippen molar-refractivity contribution >= 4 is 16.7 Å². The molecule has 4 nitrogen and oxygen atoms in total. The van der Waals surface area contributed by atoms with Gasteiger partial charge in [-0.3, -0.25) is 0 Å². The molecule has 1 heterocycles. The van der Waals surface area contributed by atoms with Crippen LogP contribution in [-0.2, 0) is 12.6 Å². The lowest BCUT2D eigenvalue weighted by atomic mass is 10.1. The summed E-state index contributed by atoms with van der Waals surface area (Å²) < 4.78 is 38.8. The van der Waals surface area contributed by atoms with Gasteiger partial charge in [-0.25, -0.2) is 9.97 Å². The van der Waals surface area contributed by atoms with Crippen LogP contribution >= 0.6 is 0 Å². The summed E-state index contributed by atoms with van der Waals surface area (Å²) in [6, 6.07) is 14.4. The predicted octanol–water partition coefficient (Wildman–Crippen LogP) is 5.28. The van der Waals surface area contributed by atoms with E-state index in [1.54, 1.807) is 18.2 Å². The normalized spacial score (nSPS) is 12.2. The molecule has 0 spiro atoms. The van der Waals surface area contributed by atoms with Gasteiger partial charge in [-0.15, -0.1) is 5.11 Å². The van der Waals surface area contributed by atoms with Crippen molar-refractivity contribution in [2.75, 3.05) is 6.54 Å². The highest BCUT2D eigenvalue weighted by molar-refractivity contribution is 5.87. The number of nitrogens with zero attached hydrogens (tertiary/aromatic N) is 4. The molecule has 0 bridgehead atoms. The molecular weight excluding hydrogens is 329 g/mol. The molecule has 25 heavy (non-hydrogen) atoms. The van der Waals surface area contributed by atoms with E-state index in [9.17, 15) is 13.2 Å². The molecule has 7 heteroatoms. The molecular formula is C18H15F3N4. The molecule has 0 saturated heterocycles. The van der Waals surface area contributed by atoms with Crippen LogP contribution in [0.15, 0.2) is 58.8 Å². The Morgan fingerprint density at radius 3 is 2.40 bits per heavy atom. The molecule has 0 amide bonds. The smallest absolute Gasteiger partial charge is 0.224 e. The first-order chi connectivity index (χ1) is 11.9. The third-order valence-corrected chi connectivity index (χ3v) is 3.62. The van der Waals surface area contributed by atoms with Crippen molar-refractivity contribution in [3.05, 3.63) is 65.5 Å². The van der Waals surface area contributed by atoms with E-state index in [4.69, 9.17) is 0 Å². The topological polar surface area (TPSA) is 50.5 Å². The largest absolute Gasteiger partial charge is 0.451 e. The van der Waals surface area contributed by atoms with E-state index in [1.807, 2.05) is 31.2 Å². The number of benzene rings is 2. The van der Waals surface area contributed by atoms with E-state index in [2.05, 4.69) is 20.2 Å². The van der Waals surface area contributed by atoms with Crippen molar-refractivity contribution in [3.8, 4) is 0 Å². The molecule has 0 atom stereocenters. The number of aromatic nitrogens is 2. The number of fused-ring (bicyclic) bond motifs is 1. The number of hydrogen-bond acceptors (Lipinski definition) is 4. The number of halogens is 3. The quantitative estimate of drug-likeness (QED) is 0.604. The van der Waals surface area contributed by atoms with Crippen molar-refractivity contribution in [2.45, 2.75) is 19.5 Å². The summed E-state index contributed by atoms with van der Waals surface area (Å²) in [4.78, 5) is 7.09. The van der Waals surface area contributed by atoms with Gasteiger partial charge in [0.25, 0.3) is 0 Å². The predicted molar refractivity (Wildman–Crippen MR) is 88.8 cm³/mol. The molecule has 0 N–H and O–H groups in total. The monoisotopic (exact) mass is 344 g/mol. The average Bonchev–Trinajstić information content (AvgIpc) is 2.59. The Labute approximate surface area is 142 Å². The van der Waals surface area contributed by atoms with Crippen molar-refractivity contribution in [1.29, 1.82) is 0 Å². The maximum Gasteiger partial charge on any atom is 0.451 e. The van der Waals surface area contributed by atoms with E-state index in [0.717, 1.165) is 11.1 Å². The van der Waals surface area contributed by atoms with Crippen LogP contribution in [0.4, 0.5) is 19.0 Å². The first kappa shape index (κ1) is 17.0. The highest BCUT2D eigenvalue weighted by Crippen LogP contribution is 2.31. The molecule has 0 fully saturated rings. The molecule has 0 unspecified atom stereocenters. The molecule has 3 aromatic rings. The van der Waals surface area contributed by atoms with Gasteiger partial charge in [-0.05, 0) is 31.0 Å². The van der Waals surface area contributed by atoms with Crippen LogP contribution in [0.1, 0.15) is 17.0 Å². The standard InChI is InChI=1S/C18H15F3N4/c1-12-6-8-13(9-7-12)10-11-22-25-16-14-4-2-3-5-15(14)23-17(24-16)18(19,20)21/h2-9H,10-11H2,1H3. The van der Waals surface area contributed by atoms with E-state index < -0.39 is 12.0 Å². The van der Waals surface area contributed by atoms with Gasteiger partial charge in [-0.2, -0.15) is 18.3 Å². The molecule has 0 radical (unpaired) electrons. The maximum absolute atomic E-state index is 12.9. The van der Waals surface area contributed by atoms with Crippen molar-refractivity contribution in [3.63, 3.8) is 0 Å². The van der Waals surface area contributed by atoms with Crippen LogP contribution in [0.3, 0.4) is 0 Å². The lowest BCUT2D eigenvalue weighted by Gasteiger charge is -2.07. The summed E-state index contributed by atoms with van der Waals surface area (Å²) in [5.74, 6) is -1.28. The lowest BCUT2D eigenvalue weighted by molar-refractivity contribution is -0.144. The Bertz CT molecular complexity index is 902. The van der Waals surface area contributed by atoms with Crippen LogP contribution in [0.2, 0.25) is 0 Å². The second-order valence-electron chi connectivity index (χ2n) is 5.59. The maximum atomic E-state index is 12.9. The minimum atomic E-state index is -4.63. The number of para-hydroxylation sites is 1. The number of aryl methyl sites for hydroxylation is 1. The molecule has 2 aromatic carbocycles. The number of hydrogen-bond donors (Lipinski definition) is 0. The van der Waals surface area contributed by atoms with E-state index in [1.165, 1.54) is 6.07 Å². The van der Waals surface area contributed by atoms with Gasteiger partial charge in [0.05, 0.1) is 12.1 Å². The van der Waals surface area contributed by atoms with Crippen molar-refractivity contribution in [2.24, 2.45) is 10.2 Å². The van der Waals surface area contributed by atoms with Crippen LogP contribution in [0.5, 0.6) is 0 Å². The van der Waals surface area contributed by atoms with Gasteiger partial charge in [-0.1, -0.05) is 42.0 Å².